The highest BCUT2D eigenvalue weighted by atomic mass is 16.5. The Morgan fingerprint density at radius 1 is 0.971 bits per heavy atom. The zero-order chi connectivity index (χ0) is 24.5. The maximum atomic E-state index is 13.5. The molecule has 0 heterocycles. The zero-order valence-corrected chi connectivity index (χ0v) is 20.7. The van der Waals surface area contributed by atoms with E-state index in [0.717, 1.165) is 16.9 Å². The fourth-order valence-electron chi connectivity index (χ4n) is 4.17. The Labute approximate surface area is 203 Å². The number of aryl methyl sites for hydroxylation is 1. The number of benzene rings is 3. The Morgan fingerprint density at radius 2 is 1.68 bits per heavy atom. The molecule has 3 aromatic rings. The first kappa shape index (κ1) is 25.3. The van der Waals surface area contributed by atoms with E-state index < -0.39 is 6.04 Å². The molecule has 0 aliphatic heterocycles. The molecule has 1 atom stereocenters. The van der Waals surface area contributed by atoms with Crippen molar-refractivity contribution in [1.29, 1.82) is 0 Å². The number of fused-ring (bicyclic) bond motifs is 1. The van der Waals surface area contributed by atoms with Crippen LogP contribution in [0.25, 0.3) is 10.8 Å². The molecule has 3 rings (SSSR count). The molecule has 0 spiro atoms. The second-order valence-electron chi connectivity index (χ2n) is 9.07. The topological polar surface area (TPSA) is 58.6 Å². The number of carbonyl (C=O) groups excluding carboxylic acids is 2. The zero-order valence-electron chi connectivity index (χ0n) is 20.7. The number of amides is 2. The average molecular weight is 461 g/mol. The lowest BCUT2D eigenvalue weighted by atomic mass is 10.00. The van der Waals surface area contributed by atoms with E-state index in [-0.39, 0.29) is 11.8 Å². The van der Waals surface area contributed by atoms with Crippen LogP contribution in [0.1, 0.15) is 44.7 Å². The number of ether oxygens (including phenoxy) is 1. The minimum atomic E-state index is -0.513. The van der Waals surface area contributed by atoms with Crippen LogP contribution in [0, 0.1) is 5.92 Å². The molecule has 0 aliphatic rings. The summed E-state index contributed by atoms with van der Waals surface area (Å²) in [6.07, 6.45) is 1.53. The van der Waals surface area contributed by atoms with Crippen molar-refractivity contribution in [2.75, 3.05) is 13.7 Å². The molecule has 2 amide bonds. The van der Waals surface area contributed by atoms with Gasteiger partial charge in [-0.3, -0.25) is 9.59 Å². The Kier molecular flexibility index (Phi) is 9.08. The van der Waals surface area contributed by atoms with Crippen LogP contribution in [-0.2, 0) is 22.6 Å². The lowest BCUT2D eigenvalue weighted by Crippen LogP contribution is -2.49. The van der Waals surface area contributed by atoms with E-state index in [0.29, 0.717) is 38.3 Å². The van der Waals surface area contributed by atoms with Crippen LogP contribution >= 0.6 is 0 Å². The summed E-state index contributed by atoms with van der Waals surface area (Å²) in [5, 5.41) is 5.35. The van der Waals surface area contributed by atoms with Crippen molar-refractivity contribution < 1.29 is 14.3 Å². The number of rotatable bonds is 11. The molecule has 180 valence electrons. The first-order valence-electron chi connectivity index (χ1n) is 12.1. The van der Waals surface area contributed by atoms with E-state index >= 15 is 0 Å². The lowest BCUT2D eigenvalue weighted by Gasteiger charge is -2.31. The first-order chi connectivity index (χ1) is 16.4. The van der Waals surface area contributed by atoms with Gasteiger partial charge in [-0.2, -0.15) is 0 Å². The number of nitrogens with zero attached hydrogens (tertiary/aromatic N) is 1. The standard InChI is InChI=1S/C29H36N2O3/c1-5-27(29(33)30-19-21(2)3)31(20-22-13-16-25(34-4)17-14-22)28(32)18-15-24-11-8-10-23-9-6-7-12-26(23)24/h6-14,16-17,21,27H,5,15,18-20H2,1-4H3,(H,30,33)/t27-/m0/s1. The maximum Gasteiger partial charge on any atom is 0.242 e. The van der Waals surface area contributed by atoms with Crippen molar-refractivity contribution in [3.05, 3.63) is 77.9 Å². The molecule has 0 bridgehead atoms. The third kappa shape index (κ3) is 6.60. The molecule has 0 aromatic heterocycles. The lowest BCUT2D eigenvalue weighted by molar-refractivity contribution is -0.141. The van der Waals surface area contributed by atoms with Crippen LogP contribution in [0.15, 0.2) is 66.7 Å². The summed E-state index contributed by atoms with van der Waals surface area (Å²) in [6, 6.07) is 21.6. The van der Waals surface area contributed by atoms with Crippen molar-refractivity contribution >= 4 is 22.6 Å². The van der Waals surface area contributed by atoms with Crippen molar-refractivity contribution in [1.82, 2.24) is 10.2 Å². The Hall–Kier alpha value is -3.34. The van der Waals surface area contributed by atoms with E-state index in [9.17, 15) is 9.59 Å². The van der Waals surface area contributed by atoms with Gasteiger partial charge >= 0.3 is 0 Å². The minimum Gasteiger partial charge on any atom is -0.497 e. The van der Waals surface area contributed by atoms with Gasteiger partial charge in [-0.25, -0.2) is 0 Å². The highest BCUT2D eigenvalue weighted by Gasteiger charge is 2.28. The van der Waals surface area contributed by atoms with Crippen LogP contribution in [0.4, 0.5) is 0 Å². The van der Waals surface area contributed by atoms with Crippen LogP contribution in [0.5, 0.6) is 5.75 Å². The molecule has 0 aliphatic carbocycles. The quantitative estimate of drug-likeness (QED) is 0.419. The summed E-state index contributed by atoms with van der Waals surface area (Å²) >= 11 is 0. The van der Waals surface area contributed by atoms with Gasteiger partial charge in [0.25, 0.3) is 0 Å². The van der Waals surface area contributed by atoms with Gasteiger partial charge < -0.3 is 15.0 Å². The van der Waals surface area contributed by atoms with Crippen molar-refractivity contribution in [2.24, 2.45) is 5.92 Å². The van der Waals surface area contributed by atoms with Crippen molar-refractivity contribution in [3.8, 4) is 5.75 Å². The van der Waals surface area contributed by atoms with Crippen LogP contribution in [0.2, 0.25) is 0 Å². The summed E-state index contributed by atoms with van der Waals surface area (Å²) in [6.45, 7) is 7.05. The highest BCUT2D eigenvalue weighted by molar-refractivity contribution is 5.89. The summed E-state index contributed by atoms with van der Waals surface area (Å²) < 4.78 is 5.26. The van der Waals surface area contributed by atoms with Gasteiger partial charge in [-0.15, -0.1) is 0 Å². The van der Waals surface area contributed by atoms with Gasteiger partial charge in [-0.1, -0.05) is 75.4 Å². The molecule has 0 radical (unpaired) electrons. The molecule has 0 unspecified atom stereocenters. The van der Waals surface area contributed by atoms with Gasteiger partial charge in [0.1, 0.15) is 11.8 Å². The molecular weight excluding hydrogens is 424 g/mol. The monoisotopic (exact) mass is 460 g/mol. The molecular formula is C29H36N2O3. The summed E-state index contributed by atoms with van der Waals surface area (Å²) in [5.41, 5.74) is 2.11. The van der Waals surface area contributed by atoms with Crippen LogP contribution < -0.4 is 10.1 Å². The fourth-order valence-corrected chi connectivity index (χ4v) is 4.17. The van der Waals surface area contributed by atoms with E-state index in [4.69, 9.17) is 4.74 Å². The Bertz CT molecular complexity index is 1090. The van der Waals surface area contributed by atoms with E-state index in [1.54, 1.807) is 12.0 Å². The predicted octanol–water partition coefficient (Wildman–Crippen LogP) is 5.36. The molecule has 0 saturated carbocycles. The highest BCUT2D eigenvalue weighted by Crippen LogP contribution is 2.22. The van der Waals surface area contributed by atoms with Crippen molar-refractivity contribution in [2.45, 2.75) is 52.6 Å². The molecule has 0 fully saturated rings. The van der Waals surface area contributed by atoms with Crippen molar-refractivity contribution in [3.63, 3.8) is 0 Å². The van der Waals surface area contributed by atoms with E-state index in [1.807, 2.05) is 49.4 Å². The average Bonchev–Trinajstić information content (AvgIpc) is 2.86. The number of nitrogens with one attached hydrogen (secondary N) is 1. The second-order valence-corrected chi connectivity index (χ2v) is 9.07. The first-order valence-corrected chi connectivity index (χ1v) is 12.1. The largest absolute Gasteiger partial charge is 0.497 e. The summed E-state index contributed by atoms with van der Waals surface area (Å²) in [7, 11) is 1.63. The second kappa shape index (κ2) is 12.2. The van der Waals surface area contributed by atoms with E-state index in [1.165, 1.54) is 10.8 Å². The smallest absolute Gasteiger partial charge is 0.242 e. The predicted molar refractivity (Wildman–Crippen MR) is 138 cm³/mol. The molecule has 3 aromatic carbocycles. The van der Waals surface area contributed by atoms with Gasteiger partial charge in [0.2, 0.25) is 11.8 Å². The molecule has 5 heteroatoms. The van der Waals surface area contributed by atoms with Crippen LogP contribution in [0.3, 0.4) is 0 Å². The maximum absolute atomic E-state index is 13.5. The number of hydrogen-bond donors (Lipinski definition) is 1. The van der Waals surface area contributed by atoms with E-state index in [2.05, 4.69) is 43.4 Å². The SMILES string of the molecule is CC[C@@H](C(=O)NCC(C)C)N(Cc1ccc(OC)cc1)C(=O)CCc1cccc2ccccc12. The Morgan fingerprint density at radius 3 is 2.35 bits per heavy atom. The fraction of sp³-hybridized carbons (Fsp3) is 0.379. The molecule has 5 nitrogen and oxygen atoms in total. The minimum absolute atomic E-state index is 0.0182. The Balaban J connectivity index is 1.81. The number of hydrogen-bond acceptors (Lipinski definition) is 3. The molecule has 0 saturated heterocycles. The molecule has 1 N–H and O–H groups in total. The van der Waals surface area contributed by atoms with Gasteiger partial charge in [0.15, 0.2) is 0 Å². The summed E-state index contributed by atoms with van der Waals surface area (Å²) in [5.74, 6) is 0.997. The van der Waals surface area contributed by atoms with Gasteiger partial charge in [-0.05, 0) is 52.8 Å². The molecule has 34 heavy (non-hydrogen) atoms. The third-order valence-corrected chi connectivity index (χ3v) is 6.07. The third-order valence-electron chi connectivity index (χ3n) is 6.07. The normalized spacial score (nSPS) is 11.9. The van der Waals surface area contributed by atoms with Gasteiger partial charge in [0.05, 0.1) is 7.11 Å². The van der Waals surface area contributed by atoms with Gasteiger partial charge in [0, 0.05) is 19.5 Å². The van der Waals surface area contributed by atoms with Crippen LogP contribution in [-0.4, -0.2) is 36.4 Å². The summed E-state index contributed by atoms with van der Waals surface area (Å²) in [4.78, 5) is 28.3. The number of methoxy groups -OCH3 is 1. The number of carbonyl (C=O) groups is 2.